The molecule has 3 heterocycles. The number of para-hydroxylation sites is 3. The maximum Gasteiger partial charge on any atom is 0.237 e. The van der Waals surface area contributed by atoms with E-state index in [-0.39, 0.29) is 0 Å². The minimum absolute atomic E-state index is 0.623. The first-order chi connectivity index (χ1) is 15.9. The highest BCUT2D eigenvalue weighted by molar-refractivity contribution is 6.28. The van der Waals surface area contributed by atoms with Crippen LogP contribution in [0, 0.1) is 0 Å². The van der Waals surface area contributed by atoms with Crippen LogP contribution in [0.1, 0.15) is 0 Å². The van der Waals surface area contributed by atoms with Crippen LogP contribution in [0.5, 0.6) is 0 Å². The van der Waals surface area contributed by atoms with Crippen LogP contribution in [-0.4, -0.2) is 24.1 Å². The molecule has 0 aliphatic rings. The van der Waals surface area contributed by atoms with Crippen molar-refractivity contribution in [3.63, 3.8) is 0 Å². The summed E-state index contributed by atoms with van der Waals surface area (Å²) >= 11 is 0. The lowest BCUT2D eigenvalue weighted by atomic mass is 10.1. The van der Waals surface area contributed by atoms with Gasteiger partial charge in [0.1, 0.15) is 12.7 Å². The molecule has 0 atom stereocenters. The summed E-state index contributed by atoms with van der Waals surface area (Å²) in [5.41, 5.74) is 5.69. The van der Waals surface area contributed by atoms with E-state index in [9.17, 15) is 0 Å². The van der Waals surface area contributed by atoms with Gasteiger partial charge >= 0.3 is 0 Å². The van der Waals surface area contributed by atoms with E-state index in [1.54, 1.807) is 12.7 Å². The van der Waals surface area contributed by atoms with E-state index in [0.717, 1.165) is 16.7 Å². The minimum Gasteiger partial charge on any atom is -0.309 e. The van der Waals surface area contributed by atoms with Crippen LogP contribution in [0.3, 0.4) is 0 Å². The second-order valence-electron chi connectivity index (χ2n) is 7.83. The molecule has 0 bridgehead atoms. The average Bonchev–Trinajstić information content (AvgIpc) is 3.38. The van der Waals surface area contributed by atoms with Crippen LogP contribution >= 0.6 is 0 Å². The van der Waals surface area contributed by atoms with Gasteiger partial charge in [-0.25, -0.2) is 15.0 Å². The Morgan fingerprint density at radius 1 is 0.469 bits per heavy atom. The Morgan fingerprint density at radius 3 is 1.66 bits per heavy atom. The molecule has 0 unspecified atom stereocenters. The van der Waals surface area contributed by atoms with Crippen molar-refractivity contribution in [3.05, 3.63) is 104 Å². The lowest BCUT2D eigenvalue weighted by Gasteiger charge is -2.08. The molecule has 32 heavy (non-hydrogen) atoms. The summed E-state index contributed by atoms with van der Waals surface area (Å²) < 4.78 is 4.47. The normalized spacial score (nSPS) is 11.8. The molecule has 5 heteroatoms. The number of benzene rings is 4. The fraction of sp³-hybridized carbons (Fsp3) is 0. The highest BCUT2D eigenvalue weighted by Gasteiger charge is 2.20. The summed E-state index contributed by atoms with van der Waals surface area (Å²) in [6, 6.07) is 32.0. The fourth-order valence-electron chi connectivity index (χ4n) is 4.94. The maximum absolute atomic E-state index is 4.45. The van der Waals surface area contributed by atoms with E-state index in [1.807, 2.05) is 0 Å². The zero-order valence-corrected chi connectivity index (χ0v) is 17.1. The van der Waals surface area contributed by atoms with Gasteiger partial charge in [-0.15, -0.1) is 0 Å². The Labute approximate surface area is 183 Å². The summed E-state index contributed by atoms with van der Waals surface area (Å²) in [4.78, 5) is 12.9. The molecule has 0 saturated heterocycles. The van der Waals surface area contributed by atoms with Gasteiger partial charge in [0.2, 0.25) is 5.95 Å². The maximum atomic E-state index is 4.45. The number of hydrogen-bond acceptors (Lipinski definition) is 3. The monoisotopic (exact) mass is 411 g/mol. The van der Waals surface area contributed by atoms with Gasteiger partial charge in [0.25, 0.3) is 0 Å². The number of rotatable bonds is 2. The Hall–Kier alpha value is -4.51. The Kier molecular flexibility index (Phi) is 3.49. The number of hydrogen-bond donors (Lipinski definition) is 0. The molecule has 7 aromatic rings. The molecule has 150 valence electrons. The lowest BCUT2D eigenvalue weighted by molar-refractivity contribution is 0.940. The van der Waals surface area contributed by atoms with Crippen LogP contribution in [-0.2, 0) is 0 Å². The standard InChI is InChI=1S/C27H17N5/c1-2-8-18(9-3-1)31-21-12-6-4-10-19(21)25-23(31)14-15-24-26(25)20-11-5-7-13-22(20)32(24)27-29-16-28-17-30-27/h1-17H. The van der Waals surface area contributed by atoms with Gasteiger partial charge in [0.05, 0.1) is 22.1 Å². The van der Waals surface area contributed by atoms with Crippen molar-refractivity contribution >= 4 is 43.6 Å². The Balaban J connectivity index is 1.74. The zero-order chi connectivity index (χ0) is 21.1. The lowest BCUT2D eigenvalue weighted by Crippen LogP contribution is -2.00. The molecule has 0 fully saturated rings. The van der Waals surface area contributed by atoms with Gasteiger partial charge in [-0.2, -0.15) is 0 Å². The number of fused-ring (bicyclic) bond motifs is 7. The third-order valence-corrected chi connectivity index (χ3v) is 6.17. The average molecular weight is 411 g/mol. The van der Waals surface area contributed by atoms with E-state index < -0.39 is 0 Å². The third kappa shape index (κ3) is 2.25. The molecule has 0 saturated carbocycles. The van der Waals surface area contributed by atoms with E-state index >= 15 is 0 Å². The smallest absolute Gasteiger partial charge is 0.237 e. The van der Waals surface area contributed by atoms with Crippen molar-refractivity contribution in [2.45, 2.75) is 0 Å². The summed E-state index contributed by atoms with van der Waals surface area (Å²) in [6.45, 7) is 0. The molecule has 3 aromatic heterocycles. The molecule has 0 radical (unpaired) electrons. The van der Waals surface area contributed by atoms with Crippen molar-refractivity contribution in [1.82, 2.24) is 24.1 Å². The van der Waals surface area contributed by atoms with Gasteiger partial charge in [-0.3, -0.25) is 4.57 Å². The second kappa shape index (κ2) is 6.49. The molecule has 0 amide bonds. The summed E-state index contributed by atoms with van der Waals surface area (Å²) in [7, 11) is 0. The predicted molar refractivity (Wildman–Crippen MR) is 129 cm³/mol. The van der Waals surface area contributed by atoms with Crippen molar-refractivity contribution in [1.29, 1.82) is 0 Å². The van der Waals surface area contributed by atoms with E-state index in [1.165, 1.54) is 32.6 Å². The molecule has 0 aliphatic heterocycles. The number of nitrogens with zero attached hydrogens (tertiary/aromatic N) is 5. The van der Waals surface area contributed by atoms with Gasteiger partial charge in [-0.1, -0.05) is 54.6 Å². The fourth-order valence-corrected chi connectivity index (χ4v) is 4.94. The topological polar surface area (TPSA) is 48.5 Å². The predicted octanol–water partition coefficient (Wildman–Crippen LogP) is 6.07. The van der Waals surface area contributed by atoms with Crippen molar-refractivity contribution < 1.29 is 0 Å². The molecular formula is C27H17N5. The number of aromatic nitrogens is 5. The van der Waals surface area contributed by atoms with Gasteiger partial charge in [-0.05, 0) is 36.4 Å². The largest absolute Gasteiger partial charge is 0.309 e. The molecule has 0 N–H and O–H groups in total. The quantitative estimate of drug-likeness (QED) is 0.347. The van der Waals surface area contributed by atoms with Crippen molar-refractivity contribution in [2.75, 3.05) is 0 Å². The first kappa shape index (κ1) is 17.2. The van der Waals surface area contributed by atoms with Crippen molar-refractivity contribution in [3.8, 4) is 11.6 Å². The molecule has 7 rings (SSSR count). The Bertz CT molecular complexity index is 1630. The van der Waals surface area contributed by atoms with E-state index in [2.05, 4.69) is 115 Å². The first-order valence-corrected chi connectivity index (χ1v) is 10.5. The molecule has 0 aliphatic carbocycles. The summed E-state index contributed by atoms with van der Waals surface area (Å²) in [5.74, 6) is 0.623. The van der Waals surface area contributed by atoms with E-state index in [0.29, 0.717) is 5.95 Å². The molecular weight excluding hydrogens is 394 g/mol. The van der Waals surface area contributed by atoms with Gasteiger partial charge in [0, 0.05) is 27.2 Å². The van der Waals surface area contributed by atoms with Crippen LogP contribution in [0.2, 0.25) is 0 Å². The second-order valence-corrected chi connectivity index (χ2v) is 7.83. The summed E-state index contributed by atoms with van der Waals surface area (Å²) in [6.07, 6.45) is 3.09. The van der Waals surface area contributed by atoms with Crippen LogP contribution < -0.4 is 0 Å². The Morgan fingerprint density at radius 2 is 1.00 bits per heavy atom. The van der Waals surface area contributed by atoms with Crippen LogP contribution in [0.25, 0.3) is 55.2 Å². The van der Waals surface area contributed by atoms with Crippen LogP contribution in [0.4, 0.5) is 0 Å². The van der Waals surface area contributed by atoms with Crippen LogP contribution in [0.15, 0.2) is 104 Å². The van der Waals surface area contributed by atoms with Gasteiger partial charge in [0.15, 0.2) is 0 Å². The zero-order valence-electron chi connectivity index (χ0n) is 17.1. The third-order valence-electron chi connectivity index (χ3n) is 6.17. The summed E-state index contributed by atoms with van der Waals surface area (Å²) in [5, 5.41) is 4.87. The molecule has 0 spiro atoms. The highest BCUT2D eigenvalue weighted by Crippen LogP contribution is 2.41. The molecule has 5 nitrogen and oxygen atoms in total. The molecule has 4 aromatic carbocycles. The first-order valence-electron chi connectivity index (χ1n) is 10.5. The van der Waals surface area contributed by atoms with E-state index in [4.69, 9.17) is 0 Å². The van der Waals surface area contributed by atoms with Gasteiger partial charge < -0.3 is 4.57 Å². The SMILES string of the molecule is c1ccc(-n2c3ccccc3c3c4c5ccccc5n(-c5ncncn5)c4ccc32)cc1. The highest BCUT2D eigenvalue weighted by atomic mass is 15.2. The van der Waals surface area contributed by atoms with Crippen molar-refractivity contribution in [2.24, 2.45) is 0 Å². The minimum atomic E-state index is 0.623.